The number of nitrogens with one attached hydrogen (secondary N) is 2. The van der Waals surface area contributed by atoms with E-state index in [-0.39, 0.29) is 18.2 Å². The molecule has 2 N–H and O–H groups in total. The van der Waals surface area contributed by atoms with Crippen molar-refractivity contribution in [3.63, 3.8) is 0 Å². The van der Waals surface area contributed by atoms with E-state index in [0.717, 1.165) is 36.5 Å². The minimum atomic E-state index is -0.0635. The summed E-state index contributed by atoms with van der Waals surface area (Å²) < 4.78 is 1.83. The molecule has 6 heteroatoms. The van der Waals surface area contributed by atoms with Crippen LogP contribution in [0.5, 0.6) is 0 Å². The van der Waals surface area contributed by atoms with E-state index in [2.05, 4.69) is 15.6 Å². The van der Waals surface area contributed by atoms with E-state index in [9.17, 15) is 9.59 Å². The molecule has 4 bridgehead atoms. The van der Waals surface area contributed by atoms with Gasteiger partial charge in [-0.1, -0.05) is 25.3 Å². The largest absolute Gasteiger partial charge is 0.355 e. The Hall–Kier alpha value is -2.37. The fraction of sp³-hybridized carbons (Fsp3) is 0.679. The van der Waals surface area contributed by atoms with Crippen molar-refractivity contribution in [1.82, 2.24) is 20.0 Å². The smallest absolute Gasteiger partial charge is 0.268 e. The van der Waals surface area contributed by atoms with Crippen LogP contribution >= 0.6 is 0 Å². The van der Waals surface area contributed by atoms with Gasteiger partial charge in [0.15, 0.2) is 0 Å². The van der Waals surface area contributed by atoms with Crippen molar-refractivity contribution < 1.29 is 9.59 Å². The Bertz CT molecular complexity index is 1030. The third-order valence-electron chi connectivity index (χ3n) is 9.22. The number of imidazole rings is 1. The summed E-state index contributed by atoms with van der Waals surface area (Å²) >= 11 is 0. The number of pyridine rings is 1. The molecular weight excluding hydrogens is 424 g/mol. The van der Waals surface area contributed by atoms with Crippen LogP contribution < -0.4 is 10.6 Å². The number of amides is 2. The summed E-state index contributed by atoms with van der Waals surface area (Å²) in [5.74, 6) is 3.25. The van der Waals surface area contributed by atoms with Crippen molar-refractivity contribution in [3.05, 3.63) is 35.8 Å². The third kappa shape index (κ3) is 4.48. The van der Waals surface area contributed by atoms with Gasteiger partial charge in [-0.2, -0.15) is 0 Å². The van der Waals surface area contributed by atoms with E-state index in [0.29, 0.717) is 22.7 Å². The van der Waals surface area contributed by atoms with E-state index in [1.54, 1.807) is 0 Å². The number of fused-ring (bicyclic) bond motifs is 1. The quantitative estimate of drug-likeness (QED) is 0.635. The molecule has 0 saturated heterocycles. The van der Waals surface area contributed by atoms with Gasteiger partial charge in [0.25, 0.3) is 5.91 Å². The second kappa shape index (κ2) is 9.01. The molecule has 6 nitrogen and oxygen atoms in total. The minimum absolute atomic E-state index is 0.0439. The Labute approximate surface area is 202 Å². The zero-order chi connectivity index (χ0) is 23.1. The number of aromatic nitrogens is 2. The molecule has 182 valence electrons. The highest BCUT2D eigenvalue weighted by molar-refractivity contribution is 5.93. The normalized spacial score (nSPS) is 30.5. The Morgan fingerprint density at radius 2 is 1.68 bits per heavy atom. The van der Waals surface area contributed by atoms with Crippen LogP contribution in [0.4, 0.5) is 0 Å². The van der Waals surface area contributed by atoms with Crippen LogP contribution in [-0.2, 0) is 11.2 Å². The van der Waals surface area contributed by atoms with Gasteiger partial charge < -0.3 is 10.6 Å². The Kier molecular flexibility index (Phi) is 5.86. The topological polar surface area (TPSA) is 75.5 Å². The van der Waals surface area contributed by atoms with Crippen LogP contribution in [0.2, 0.25) is 0 Å². The Morgan fingerprint density at radius 1 is 0.971 bits per heavy atom. The van der Waals surface area contributed by atoms with Crippen molar-refractivity contribution >= 4 is 17.5 Å². The van der Waals surface area contributed by atoms with Crippen LogP contribution in [0.1, 0.15) is 86.8 Å². The van der Waals surface area contributed by atoms with Gasteiger partial charge in [-0.3, -0.25) is 14.0 Å². The summed E-state index contributed by atoms with van der Waals surface area (Å²) in [5, 5.41) is 6.39. The van der Waals surface area contributed by atoms with Crippen molar-refractivity contribution in [2.24, 2.45) is 29.1 Å². The maximum atomic E-state index is 12.9. The van der Waals surface area contributed by atoms with Crippen LogP contribution in [0, 0.1) is 29.1 Å². The van der Waals surface area contributed by atoms with Gasteiger partial charge in [-0.05, 0) is 92.6 Å². The molecule has 2 aromatic rings. The molecule has 0 radical (unpaired) electrons. The molecule has 0 atom stereocenters. The van der Waals surface area contributed by atoms with Gasteiger partial charge in [0.2, 0.25) is 5.91 Å². The molecule has 5 aliphatic carbocycles. The highest BCUT2D eigenvalue weighted by atomic mass is 16.2. The van der Waals surface area contributed by atoms with E-state index < -0.39 is 0 Å². The standard InChI is InChI=1S/C28H38N4O2/c33-26(30-18-28-13-20-9-21(14-28)11-22(10-20)15-28)12-23-17-32-24(7-4-8-25(32)31-23)27(34)29-16-19-5-2-1-3-6-19/h4,7-8,17,19-22H,1-3,5-6,9-16,18H2,(H,29,34)(H,30,33). The van der Waals surface area contributed by atoms with Crippen molar-refractivity contribution in [2.75, 3.05) is 13.1 Å². The van der Waals surface area contributed by atoms with E-state index >= 15 is 0 Å². The molecule has 0 spiro atoms. The van der Waals surface area contributed by atoms with E-state index in [1.165, 1.54) is 70.6 Å². The lowest BCUT2D eigenvalue weighted by Gasteiger charge is -2.56. The monoisotopic (exact) mass is 462 g/mol. The fourth-order valence-corrected chi connectivity index (χ4v) is 8.07. The molecule has 5 aliphatic rings. The van der Waals surface area contributed by atoms with Crippen molar-refractivity contribution in [3.8, 4) is 0 Å². The highest BCUT2D eigenvalue weighted by Crippen LogP contribution is 2.59. The molecule has 2 amide bonds. The zero-order valence-electron chi connectivity index (χ0n) is 20.2. The second-order valence-electron chi connectivity index (χ2n) is 12.0. The first-order valence-electron chi connectivity index (χ1n) is 13.6. The number of hydrogen-bond acceptors (Lipinski definition) is 3. The fourth-order valence-electron chi connectivity index (χ4n) is 8.07. The molecule has 2 heterocycles. The third-order valence-corrected chi connectivity index (χ3v) is 9.22. The summed E-state index contributed by atoms with van der Waals surface area (Å²) in [6.07, 6.45) is 16.5. The molecule has 5 saturated carbocycles. The van der Waals surface area contributed by atoms with Crippen LogP contribution in [0.3, 0.4) is 0 Å². The SMILES string of the molecule is O=C(Cc1cn2c(C(=O)NCC3CCCCC3)cccc2n1)NCC12CC3CC(CC(C3)C1)C2. The first-order valence-corrected chi connectivity index (χ1v) is 13.6. The Morgan fingerprint density at radius 3 is 2.38 bits per heavy atom. The lowest BCUT2D eigenvalue weighted by atomic mass is 9.49. The van der Waals surface area contributed by atoms with Crippen molar-refractivity contribution in [2.45, 2.75) is 77.0 Å². The number of nitrogens with zero attached hydrogens (tertiary/aromatic N) is 2. The van der Waals surface area contributed by atoms with Gasteiger partial charge >= 0.3 is 0 Å². The van der Waals surface area contributed by atoms with Crippen LogP contribution in [0.25, 0.3) is 5.65 Å². The molecule has 0 unspecified atom stereocenters. The van der Waals surface area contributed by atoms with E-state index in [1.807, 2.05) is 28.8 Å². The summed E-state index contributed by atoms with van der Waals surface area (Å²) in [6, 6.07) is 5.60. The van der Waals surface area contributed by atoms with Crippen LogP contribution in [-0.4, -0.2) is 34.3 Å². The zero-order valence-corrected chi connectivity index (χ0v) is 20.2. The number of rotatable bonds is 7. The summed E-state index contributed by atoms with van der Waals surface area (Å²) in [6.45, 7) is 1.56. The number of hydrogen-bond donors (Lipinski definition) is 2. The molecule has 0 aromatic carbocycles. The maximum absolute atomic E-state index is 12.9. The molecule has 0 aliphatic heterocycles. The van der Waals surface area contributed by atoms with E-state index in [4.69, 9.17) is 0 Å². The molecular formula is C28H38N4O2. The maximum Gasteiger partial charge on any atom is 0.268 e. The highest BCUT2D eigenvalue weighted by Gasteiger charge is 2.50. The number of carbonyl (C=O) groups excluding carboxylic acids is 2. The minimum Gasteiger partial charge on any atom is -0.355 e. The van der Waals surface area contributed by atoms with Gasteiger partial charge in [-0.25, -0.2) is 4.98 Å². The average Bonchev–Trinajstić information content (AvgIpc) is 3.23. The van der Waals surface area contributed by atoms with Gasteiger partial charge in [-0.15, -0.1) is 0 Å². The summed E-state index contributed by atoms with van der Waals surface area (Å²) in [4.78, 5) is 30.4. The molecule has 2 aromatic heterocycles. The van der Waals surface area contributed by atoms with Gasteiger partial charge in [0.1, 0.15) is 11.3 Å². The lowest BCUT2D eigenvalue weighted by molar-refractivity contribution is -0.122. The average molecular weight is 463 g/mol. The van der Waals surface area contributed by atoms with Gasteiger partial charge in [0.05, 0.1) is 12.1 Å². The first-order chi connectivity index (χ1) is 16.6. The predicted molar refractivity (Wildman–Crippen MR) is 131 cm³/mol. The predicted octanol–water partition coefficient (Wildman–Crippen LogP) is 4.52. The Balaban J connectivity index is 1.07. The lowest BCUT2D eigenvalue weighted by Crippen LogP contribution is -2.51. The second-order valence-corrected chi connectivity index (χ2v) is 12.0. The summed E-state index contributed by atoms with van der Waals surface area (Å²) in [7, 11) is 0. The van der Waals surface area contributed by atoms with Crippen LogP contribution in [0.15, 0.2) is 24.4 Å². The molecule has 34 heavy (non-hydrogen) atoms. The molecule has 5 fully saturated rings. The number of carbonyl (C=O) groups is 2. The molecule has 7 rings (SSSR count). The summed E-state index contributed by atoms with van der Waals surface area (Å²) in [5.41, 5.74) is 2.36. The van der Waals surface area contributed by atoms with Crippen molar-refractivity contribution in [1.29, 1.82) is 0 Å². The van der Waals surface area contributed by atoms with Gasteiger partial charge in [0, 0.05) is 19.3 Å². The first kappa shape index (κ1) is 22.1.